The van der Waals surface area contributed by atoms with Crippen molar-refractivity contribution in [2.24, 2.45) is 17.8 Å². The molecule has 3 heteroatoms. The number of fused-ring (bicyclic) bond motifs is 1. The van der Waals surface area contributed by atoms with Crippen LogP contribution in [-0.4, -0.2) is 5.91 Å². The minimum absolute atomic E-state index is 0.0144. The molecule has 3 rings (SSSR count). The van der Waals surface area contributed by atoms with Crippen molar-refractivity contribution in [3.63, 3.8) is 0 Å². The number of rotatable bonds is 3. The summed E-state index contributed by atoms with van der Waals surface area (Å²) in [7, 11) is 0. The van der Waals surface area contributed by atoms with E-state index in [1.165, 1.54) is 6.42 Å². The zero-order valence-corrected chi connectivity index (χ0v) is 9.48. The first kappa shape index (κ1) is 9.94. The Balaban J connectivity index is 1.56. The number of hydrogen-bond acceptors (Lipinski definition) is 2. The van der Waals surface area contributed by atoms with Gasteiger partial charge in [0.25, 0.3) is 0 Å². The molecule has 2 aliphatic carbocycles. The van der Waals surface area contributed by atoms with E-state index in [-0.39, 0.29) is 17.9 Å². The summed E-state index contributed by atoms with van der Waals surface area (Å²) in [6, 6.07) is 3.74. The third-order valence-electron chi connectivity index (χ3n) is 3.94. The minimum atomic E-state index is -0.0144. The standard InChI is InChI=1S/C13H17NO2/c1-8(12-3-2-4-16-12)14-13(15)11-6-9-5-10(9)7-11/h2-4,8-11H,5-7H2,1H3,(H,14,15)/t8-,9?,10?,11?/m1/s1. The van der Waals surface area contributed by atoms with Crippen LogP contribution in [0.3, 0.4) is 0 Å². The summed E-state index contributed by atoms with van der Waals surface area (Å²) >= 11 is 0. The van der Waals surface area contributed by atoms with E-state index < -0.39 is 0 Å². The second-order valence-electron chi connectivity index (χ2n) is 5.17. The first-order chi connectivity index (χ1) is 7.74. The van der Waals surface area contributed by atoms with E-state index in [1.54, 1.807) is 6.26 Å². The van der Waals surface area contributed by atoms with E-state index in [2.05, 4.69) is 5.32 Å². The lowest BCUT2D eigenvalue weighted by Gasteiger charge is -2.16. The molecular weight excluding hydrogens is 202 g/mol. The van der Waals surface area contributed by atoms with E-state index in [4.69, 9.17) is 4.42 Å². The van der Waals surface area contributed by atoms with Crippen LogP contribution in [0, 0.1) is 17.8 Å². The SMILES string of the molecule is C[C@@H](NC(=O)C1CC2CC2C1)c1ccco1. The number of hydrogen-bond donors (Lipinski definition) is 1. The van der Waals surface area contributed by atoms with Crippen LogP contribution in [0.1, 0.15) is 38.0 Å². The number of carbonyl (C=O) groups excluding carboxylic acids is 1. The second kappa shape index (κ2) is 3.65. The molecule has 0 aliphatic heterocycles. The maximum atomic E-state index is 12.0. The zero-order valence-electron chi connectivity index (χ0n) is 9.48. The molecule has 1 heterocycles. The van der Waals surface area contributed by atoms with Gasteiger partial charge in [0, 0.05) is 5.92 Å². The van der Waals surface area contributed by atoms with Crippen LogP contribution in [0.25, 0.3) is 0 Å². The number of furan rings is 1. The van der Waals surface area contributed by atoms with Crippen molar-refractivity contribution in [1.29, 1.82) is 0 Å². The number of amides is 1. The molecule has 1 aromatic rings. The van der Waals surface area contributed by atoms with Crippen LogP contribution in [0.2, 0.25) is 0 Å². The van der Waals surface area contributed by atoms with Gasteiger partial charge >= 0.3 is 0 Å². The summed E-state index contributed by atoms with van der Waals surface area (Å²) in [6.45, 7) is 1.96. The van der Waals surface area contributed by atoms with Crippen LogP contribution < -0.4 is 5.32 Å². The van der Waals surface area contributed by atoms with Crippen molar-refractivity contribution in [1.82, 2.24) is 5.32 Å². The minimum Gasteiger partial charge on any atom is -0.467 e. The lowest BCUT2D eigenvalue weighted by Crippen LogP contribution is -2.32. The third kappa shape index (κ3) is 1.75. The lowest BCUT2D eigenvalue weighted by atomic mass is 10.0. The zero-order chi connectivity index (χ0) is 11.1. The average molecular weight is 219 g/mol. The van der Waals surface area contributed by atoms with E-state index in [0.717, 1.165) is 30.4 Å². The van der Waals surface area contributed by atoms with E-state index in [1.807, 2.05) is 19.1 Å². The fourth-order valence-corrected chi connectivity index (χ4v) is 2.87. The van der Waals surface area contributed by atoms with E-state index in [9.17, 15) is 4.79 Å². The number of nitrogens with one attached hydrogen (secondary N) is 1. The van der Waals surface area contributed by atoms with Crippen molar-refractivity contribution < 1.29 is 9.21 Å². The smallest absolute Gasteiger partial charge is 0.223 e. The second-order valence-corrected chi connectivity index (χ2v) is 5.17. The van der Waals surface area contributed by atoms with Gasteiger partial charge in [-0.1, -0.05) is 0 Å². The molecule has 2 fully saturated rings. The molecule has 2 aliphatic rings. The highest BCUT2D eigenvalue weighted by Crippen LogP contribution is 2.54. The van der Waals surface area contributed by atoms with Crippen LogP contribution in [-0.2, 0) is 4.79 Å². The van der Waals surface area contributed by atoms with Crippen LogP contribution >= 0.6 is 0 Å². The maximum absolute atomic E-state index is 12.0. The van der Waals surface area contributed by atoms with Gasteiger partial charge in [-0.05, 0) is 50.2 Å². The fourth-order valence-electron chi connectivity index (χ4n) is 2.87. The third-order valence-corrected chi connectivity index (χ3v) is 3.94. The van der Waals surface area contributed by atoms with Gasteiger partial charge in [0.2, 0.25) is 5.91 Å². The molecule has 0 radical (unpaired) electrons. The Morgan fingerprint density at radius 1 is 1.44 bits per heavy atom. The maximum Gasteiger partial charge on any atom is 0.223 e. The predicted molar refractivity (Wildman–Crippen MR) is 59.6 cm³/mol. The Morgan fingerprint density at radius 2 is 2.19 bits per heavy atom. The molecule has 0 saturated heterocycles. The summed E-state index contributed by atoms with van der Waals surface area (Å²) in [5, 5.41) is 3.03. The summed E-state index contributed by atoms with van der Waals surface area (Å²) < 4.78 is 5.27. The first-order valence-electron chi connectivity index (χ1n) is 6.08. The lowest BCUT2D eigenvalue weighted by molar-refractivity contribution is -0.125. The van der Waals surface area contributed by atoms with Crippen molar-refractivity contribution in [2.75, 3.05) is 0 Å². The van der Waals surface area contributed by atoms with Gasteiger partial charge in [-0.3, -0.25) is 4.79 Å². The molecule has 0 aromatic carbocycles. The molecule has 1 aromatic heterocycles. The van der Waals surface area contributed by atoms with E-state index in [0.29, 0.717) is 0 Å². The highest BCUT2D eigenvalue weighted by atomic mass is 16.3. The van der Waals surface area contributed by atoms with Gasteiger partial charge in [-0.15, -0.1) is 0 Å². The summed E-state index contributed by atoms with van der Waals surface area (Å²) in [5.41, 5.74) is 0. The Labute approximate surface area is 95.2 Å². The van der Waals surface area contributed by atoms with Crippen molar-refractivity contribution in [3.05, 3.63) is 24.2 Å². The van der Waals surface area contributed by atoms with Gasteiger partial charge in [-0.2, -0.15) is 0 Å². The summed E-state index contributed by atoms with van der Waals surface area (Å²) in [6.07, 6.45) is 5.20. The van der Waals surface area contributed by atoms with Crippen LogP contribution in [0.5, 0.6) is 0 Å². The van der Waals surface area contributed by atoms with E-state index >= 15 is 0 Å². The van der Waals surface area contributed by atoms with Gasteiger partial charge in [0.15, 0.2) is 0 Å². The Morgan fingerprint density at radius 3 is 2.81 bits per heavy atom. The normalized spacial score (nSPS) is 33.2. The van der Waals surface area contributed by atoms with Crippen LogP contribution in [0.15, 0.2) is 22.8 Å². The summed E-state index contributed by atoms with van der Waals surface area (Å²) in [4.78, 5) is 12.0. The molecule has 16 heavy (non-hydrogen) atoms. The number of carbonyl (C=O) groups is 1. The monoisotopic (exact) mass is 219 g/mol. The molecule has 3 nitrogen and oxygen atoms in total. The topological polar surface area (TPSA) is 42.2 Å². The van der Waals surface area contributed by atoms with Crippen molar-refractivity contribution >= 4 is 5.91 Å². The van der Waals surface area contributed by atoms with Gasteiger partial charge in [0.05, 0.1) is 12.3 Å². The van der Waals surface area contributed by atoms with Crippen LogP contribution in [0.4, 0.5) is 0 Å². The Kier molecular flexibility index (Phi) is 2.27. The average Bonchev–Trinajstić information content (AvgIpc) is 2.77. The van der Waals surface area contributed by atoms with Crippen molar-refractivity contribution in [2.45, 2.75) is 32.2 Å². The highest BCUT2D eigenvalue weighted by Gasteiger charge is 2.48. The first-order valence-corrected chi connectivity index (χ1v) is 6.08. The largest absolute Gasteiger partial charge is 0.467 e. The Bertz CT molecular complexity index is 375. The molecule has 1 N–H and O–H groups in total. The van der Waals surface area contributed by atoms with Gasteiger partial charge in [0.1, 0.15) is 5.76 Å². The molecular formula is C13H17NO2. The van der Waals surface area contributed by atoms with Crippen molar-refractivity contribution in [3.8, 4) is 0 Å². The molecule has 86 valence electrons. The fraction of sp³-hybridized carbons (Fsp3) is 0.615. The Hall–Kier alpha value is -1.25. The highest BCUT2D eigenvalue weighted by molar-refractivity contribution is 5.79. The molecule has 0 bridgehead atoms. The molecule has 2 saturated carbocycles. The molecule has 1 amide bonds. The predicted octanol–water partition coefficient (Wildman–Crippen LogP) is 2.50. The summed E-state index contributed by atoms with van der Waals surface area (Å²) in [5.74, 6) is 3.00. The molecule has 0 spiro atoms. The van der Waals surface area contributed by atoms with Gasteiger partial charge < -0.3 is 9.73 Å². The quantitative estimate of drug-likeness (QED) is 0.848. The van der Waals surface area contributed by atoms with Gasteiger partial charge in [-0.25, -0.2) is 0 Å². The molecule has 3 atom stereocenters. The molecule has 2 unspecified atom stereocenters.